The summed E-state index contributed by atoms with van der Waals surface area (Å²) < 4.78 is 0. The van der Waals surface area contributed by atoms with E-state index in [2.05, 4.69) is 0 Å². The highest BCUT2D eigenvalue weighted by Crippen LogP contribution is 1.78. The van der Waals surface area contributed by atoms with Crippen molar-refractivity contribution in [2.24, 2.45) is 5.73 Å². The van der Waals surface area contributed by atoms with Crippen molar-refractivity contribution in [2.45, 2.75) is 0 Å². The highest BCUT2D eigenvalue weighted by molar-refractivity contribution is 6.66. The van der Waals surface area contributed by atoms with Crippen LogP contribution in [0.25, 0.3) is 0 Å². The highest BCUT2D eigenvalue weighted by atomic mass is 35.5. The van der Waals surface area contributed by atoms with Gasteiger partial charge in [0.1, 0.15) is 0 Å². The van der Waals surface area contributed by atoms with Gasteiger partial charge in [-0.3, -0.25) is 4.79 Å². The average Bonchev–Trinajstić information content (AvgIpc) is 1.61. The van der Waals surface area contributed by atoms with Gasteiger partial charge in [0, 0.05) is 6.54 Å². The van der Waals surface area contributed by atoms with E-state index < -0.39 is 5.24 Å². The molecule has 0 aromatic carbocycles. The Balaban J connectivity index is 3.26. The van der Waals surface area contributed by atoms with E-state index in [1.807, 2.05) is 0 Å². The van der Waals surface area contributed by atoms with Crippen LogP contribution in [0.4, 0.5) is 0 Å². The zero-order chi connectivity index (χ0) is 5.70. The SMILES string of the molecule is NC/C=C/C(=O)Cl. The molecule has 0 rings (SSSR count). The van der Waals surface area contributed by atoms with Crippen molar-refractivity contribution in [2.75, 3.05) is 6.54 Å². The van der Waals surface area contributed by atoms with Gasteiger partial charge in [0.05, 0.1) is 0 Å². The predicted molar refractivity (Wildman–Crippen MR) is 29.1 cm³/mol. The van der Waals surface area contributed by atoms with E-state index in [-0.39, 0.29) is 0 Å². The van der Waals surface area contributed by atoms with Crippen molar-refractivity contribution >= 4 is 16.8 Å². The third-order valence-corrected chi connectivity index (χ3v) is 0.511. The summed E-state index contributed by atoms with van der Waals surface area (Å²) in [6, 6.07) is 0. The number of nitrogens with two attached hydrogens (primary N) is 1. The molecule has 0 radical (unpaired) electrons. The van der Waals surface area contributed by atoms with Crippen LogP contribution in [0.3, 0.4) is 0 Å². The Morgan fingerprint density at radius 2 is 2.43 bits per heavy atom. The van der Waals surface area contributed by atoms with Crippen molar-refractivity contribution in [3.63, 3.8) is 0 Å². The number of halogens is 1. The molecule has 0 spiro atoms. The van der Waals surface area contributed by atoms with Gasteiger partial charge in [-0.05, 0) is 17.7 Å². The number of carbonyl (C=O) groups is 1. The molecule has 0 atom stereocenters. The summed E-state index contributed by atoms with van der Waals surface area (Å²) in [5.74, 6) is 0. The molecular weight excluding hydrogens is 114 g/mol. The van der Waals surface area contributed by atoms with E-state index in [4.69, 9.17) is 17.3 Å². The Hall–Kier alpha value is -0.340. The molecule has 0 aliphatic heterocycles. The summed E-state index contributed by atoms with van der Waals surface area (Å²) in [5, 5.41) is -0.481. The molecule has 0 fully saturated rings. The second-order valence-corrected chi connectivity index (χ2v) is 1.31. The Bertz CT molecular complexity index is 89.7. The molecule has 2 nitrogen and oxygen atoms in total. The summed E-state index contributed by atoms with van der Waals surface area (Å²) in [7, 11) is 0. The lowest BCUT2D eigenvalue weighted by molar-refractivity contribution is -0.107. The minimum absolute atomic E-state index is 0.360. The van der Waals surface area contributed by atoms with Crippen LogP contribution in [0.5, 0.6) is 0 Å². The van der Waals surface area contributed by atoms with Crippen LogP contribution in [-0.4, -0.2) is 11.8 Å². The molecule has 0 aliphatic carbocycles. The maximum absolute atomic E-state index is 9.83. The first-order chi connectivity index (χ1) is 3.27. The van der Waals surface area contributed by atoms with Crippen LogP contribution in [0, 0.1) is 0 Å². The Morgan fingerprint density at radius 3 is 2.57 bits per heavy atom. The molecule has 0 aromatic rings. The van der Waals surface area contributed by atoms with Crippen LogP contribution in [0.2, 0.25) is 0 Å². The van der Waals surface area contributed by atoms with Crippen LogP contribution >= 0.6 is 11.6 Å². The van der Waals surface area contributed by atoms with Crippen LogP contribution < -0.4 is 5.73 Å². The normalized spacial score (nSPS) is 10.0. The molecule has 0 bridgehead atoms. The minimum atomic E-state index is -0.481. The van der Waals surface area contributed by atoms with Crippen LogP contribution in [0.15, 0.2) is 12.2 Å². The summed E-state index contributed by atoms with van der Waals surface area (Å²) in [5.41, 5.74) is 4.98. The minimum Gasteiger partial charge on any atom is -0.327 e. The molecule has 0 unspecified atom stereocenters. The highest BCUT2D eigenvalue weighted by Gasteiger charge is 1.79. The smallest absolute Gasteiger partial charge is 0.244 e. The van der Waals surface area contributed by atoms with Gasteiger partial charge in [0.25, 0.3) is 0 Å². The number of hydrogen-bond donors (Lipinski definition) is 1. The van der Waals surface area contributed by atoms with E-state index in [0.717, 1.165) is 0 Å². The summed E-state index contributed by atoms with van der Waals surface area (Å²) in [4.78, 5) is 9.83. The molecule has 0 heterocycles. The molecule has 7 heavy (non-hydrogen) atoms. The van der Waals surface area contributed by atoms with Gasteiger partial charge < -0.3 is 5.73 Å². The largest absolute Gasteiger partial charge is 0.327 e. The van der Waals surface area contributed by atoms with Gasteiger partial charge >= 0.3 is 0 Å². The van der Waals surface area contributed by atoms with Gasteiger partial charge in [0.15, 0.2) is 0 Å². The summed E-state index contributed by atoms with van der Waals surface area (Å²) in [6.07, 6.45) is 2.72. The van der Waals surface area contributed by atoms with E-state index in [1.165, 1.54) is 12.2 Å². The molecule has 3 heteroatoms. The number of carbonyl (C=O) groups excluding carboxylic acids is 1. The van der Waals surface area contributed by atoms with E-state index >= 15 is 0 Å². The maximum atomic E-state index is 9.83. The zero-order valence-electron chi connectivity index (χ0n) is 3.73. The van der Waals surface area contributed by atoms with Crippen LogP contribution in [-0.2, 0) is 4.79 Å². The zero-order valence-corrected chi connectivity index (χ0v) is 4.48. The fourth-order valence-corrected chi connectivity index (χ4v) is 0.250. The van der Waals surface area contributed by atoms with Gasteiger partial charge in [-0.15, -0.1) is 0 Å². The molecule has 0 aliphatic rings. The monoisotopic (exact) mass is 119 g/mol. The van der Waals surface area contributed by atoms with Crippen LogP contribution in [0.1, 0.15) is 0 Å². The Labute approximate surface area is 46.9 Å². The third kappa shape index (κ3) is 5.66. The van der Waals surface area contributed by atoms with Crippen molar-refractivity contribution in [3.05, 3.63) is 12.2 Å². The lowest BCUT2D eigenvalue weighted by atomic mass is 10.5. The van der Waals surface area contributed by atoms with Gasteiger partial charge in [-0.1, -0.05) is 6.08 Å². The molecule has 0 aromatic heterocycles. The quantitative estimate of drug-likeness (QED) is 0.419. The van der Waals surface area contributed by atoms with E-state index in [9.17, 15) is 4.79 Å². The standard InChI is InChI=1S/C4H6ClNO/c5-4(7)2-1-3-6/h1-2H,3,6H2/b2-1+. The van der Waals surface area contributed by atoms with Gasteiger partial charge in [0.2, 0.25) is 5.24 Å². The fraction of sp³-hybridized carbons (Fsp3) is 0.250. The molecule has 0 saturated carbocycles. The van der Waals surface area contributed by atoms with Gasteiger partial charge in [-0.2, -0.15) is 0 Å². The first kappa shape index (κ1) is 6.66. The van der Waals surface area contributed by atoms with Crippen molar-refractivity contribution in [1.82, 2.24) is 0 Å². The van der Waals surface area contributed by atoms with E-state index in [0.29, 0.717) is 6.54 Å². The molecule has 2 N–H and O–H groups in total. The first-order valence-corrected chi connectivity index (χ1v) is 2.21. The lowest BCUT2D eigenvalue weighted by Crippen LogP contribution is -1.93. The molecular formula is C4H6ClNO. The van der Waals surface area contributed by atoms with Gasteiger partial charge in [-0.25, -0.2) is 0 Å². The topological polar surface area (TPSA) is 43.1 Å². The second-order valence-electron chi connectivity index (χ2n) is 0.942. The maximum Gasteiger partial charge on any atom is 0.244 e. The van der Waals surface area contributed by atoms with Crippen molar-refractivity contribution in [3.8, 4) is 0 Å². The van der Waals surface area contributed by atoms with E-state index in [1.54, 1.807) is 0 Å². The first-order valence-electron chi connectivity index (χ1n) is 1.83. The average molecular weight is 120 g/mol. The molecule has 40 valence electrons. The summed E-state index contributed by atoms with van der Waals surface area (Å²) >= 11 is 4.88. The number of allylic oxidation sites excluding steroid dienone is 1. The lowest BCUT2D eigenvalue weighted by Gasteiger charge is -1.72. The van der Waals surface area contributed by atoms with Crippen molar-refractivity contribution in [1.29, 1.82) is 0 Å². The Kier molecular flexibility index (Phi) is 3.65. The van der Waals surface area contributed by atoms with Crippen molar-refractivity contribution < 1.29 is 4.79 Å². The number of hydrogen-bond acceptors (Lipinski definition) is 2. The second kappa shape index (κ2) is 3.84. The summed E-state index contributed by atoms with van der Waals surface area (Å²) in [6.45, 7) is 0.360. The third-order valence-electron chi connectivity index (χ3n) is 0.385. The molecule has 0 saturated heterocycles. The fourth-order valence-electron chi connectivity index (χ4n) is 0.161. The Morgan fingerprint density at radius 1 is 1.86 bits per heavy atom. The number of rotatable bonds is 2. The predicted octanol–water partition coefficient (Wildman–Crippen LogP) is 0.267. The molecule has 0 amide bonds.